The van der Waals surface area contributed by atoms with Gasteiger partial charge in [-0.3, -0.25) is 0 Å². The lowest BCUT2D eigenvalue weighted by Crippen LogP contribution is -2.34. The van der Waals surface area contributed by atoms with E-state index in [1.54, 1.807) is 12.1 Å². The van der Waals surface area contributed by atoms with Crippen LogP contribution >= 0.6 is 11.6 Å². The summed E-state index contributed by atoms with van der Waals surface area (Å²) in [5.41, 5.74) is 1.25. The highest BCUT2D eigenvalue weighted by Crippen LogP contribution is 2.33. The molecule has 0 fully saturated rings. The van der Waals surface area contributed by atoms with Crippen molar-refractivity contribution in [1.82, 2.24) is 5.32 Å². The van der Waals surface area contributed by atoms with Gasteiger partial charge in [0, 0.05) is 6.54 Å². The van der Waals surface area contributed by atoms with E-state index in [0.717, 1.165) is 24.9 Å². The smallest absolute Gasteiger partial charge is 0.142 e. The van der Waals surface area contributed by atoms with Crippen LogP contribution in [0.1, 0.15) is 45.1 Å². The van der Waals surface area contributed by atoms with Crippen molar-refractivity contribution in [3.8, 4) is 0 Å². The van der Waals surface area contributed by atoms with Crippen LogP contribution in [-0.4, -0.2) is 13.6 Å². The Hall–Kier alpha value is -0.600. The molecule has 0 bridgehead atoms. The molecule has 1 aromatic carbocycles. The molecule has 1 atom stereocenters. The van der Waals surface area contributed by atoms with E-state index in [1.165, 1.54) is 19.3 Å². The molecule has 1 N–H and O–H groups in total. The lowest BCUT2D eigenvalue weighted by molar-refractivity contribution is 0.234. The quantitative estimate of drug-likeness (QED) is 0.721. The van der Waals surface area contributed by atoms with E-state index in [0.29, 0.717) is 0 Å². The third-order valence-electron chi connectivity index (χ3n) is 3.93. The molecule has 0 aliphatic heterocycles. The summed E-state index contributed by atoms with van der Waals surface area (Å²) in [6, 6.07) is 5.18. The Morgan fingerprint density at radius 3 is 2.58 bits per heavy atom. The highest BCUT2D eigenvalue weighted by molar-refractivity contribution is 6.30. The lowest BCUT2D eigenvalue weighted by Gasteiger charge is -2.33. The monoisotopic (exact) mass is 285 g/mol. The molecule has 1 unspecified atom stereocenters. The zero-order chi connectivity index (χ0) is 14.3. The maximum absolute atomic E-state index is 13.5. The van der Waals surface area contributed by atoms with Crippen molar-refractivity contribution < 1.29 is 4.39 Å². The van der Waals surface area contributed by atoms with Crippen molar-refractivity contribution in [2.75, 3.05) is 13.6 Å². The Morgan fingerprint density at radius 2 is 2.05 bits per heavy atom. The van der Waals surface area contributed by atoms with Crippen LogP contribution in [0.5, 0.6) is 0 Å². The van der Waals surface area contributed by atoms with E-state index in [4.69, 9.17) is 11.6 Å². The largest absolute Gasteiger partial charge is 0.319 e. The minimum atomic E-state index is -0.316. The van der Waals surface area contributed by atoms with E-state index in [-0.39, 0.29) is 16.3 Å². The number of hydrogen-bond acceptors (Lipinski definition) is 1. The molecule has 108 valence electrons. The van der Waals surface area contributed by atoms with Gasteiger partial charge in [0.2, 0.25) is 0 Å². The first-order valence-electron chi connectivity index (χ1n) is 7.15. The highest BCUT2D eigenvalue weighted by atomic mass is 35.5. The molecule has 1 aromatic rings. The van der Waals surface area contributed by atoms with E-state index in [2.05, 4.69) is 19.2 Å². The molecule has 0 amide bonds. The second kappa shape index (κ2) is 7.86. The minimum Gasteiger partial charge on any atom is -0.319 e. The summed E-state index contributed by atoms with van der Waals surface area (Å²) in [7, 11) is 1.98. The molecule has 19 heavy (non-hydrogen) atoms. The van der Waals surface area contributed by atoms with E-state index in [9.17, 15) is 4.39 Å². The molecular weight excluding hydrogens is 261 g/mol. The number of benzene rings is 1. The summed E-state index contributed by atoms with van der Waals surface area (Å²) in [6.07, 6.45) is 5.58. The second-order valence-corrected chi connectivity index (χ2v) is 5.82. The van der Waals surface area contributed by atoms with Crippen molar-refractivity contribution >= 4 is 11.6 Å². The molecule has 0 heterocycles. The van der Waals surface area contributed by atoms with Gasteiger partial charge in [-0.1, -0.05) is 44.4 Å². The van der Waals surface area contributed by atoms with Crippen LogP contribution in [0.4, 0.5) is 4.39 Å². The molecule has 0 aromatic heterocycles. The topological polar surface area (TPSA) is 12.0 Å². The summed E-state index contributed by atoms with van der Waals surface area (Å²) < 4.78 is 13.5. The van der Waals surface area contributed by atoms with Crippen molar-refractivity contribution in [2.45, 2.75) is 46.0 Å². The Labute approximate surface area is 121 Å². The van der Waals surface area contributed by atoms with Gasteiger partial charge in [0.25, 0.3) is 0 Å². The highest BCUT2D eigenvalue weighted by Gasteiger charge is 2.27. The summed E-state index contributed by atoms with van der Waals surface area (Å²) in [4.78, 5) is 0. The summed E-state index contributed by atoms with van der Waals surface area (Å²) in [5.74, 6) is -0.316. The predicted octanol–water partition coefficient (Wildman–Crippen LogP) is 4.83. The van der Waals surface area contributed by atoms with E-state index < -0.39 is 0 Å². The van der Waals surface area contributed by atoms with Gasteiger partial charge in [-0.25, -0.2) is 4.39 Å². The molecular formula is C16H25ClFN. The average molecular weight is 286 g/mol. The van der Waals surface area contributed by atoms with Crippen LogP contribution < -0.4 is 5.32 Å². The van der Waals surface area contributed by atoms with E-state index in [1.807, 2.05) is 13.1 Å². The Balaban J connectivity index is 2.88. The van der Waals surface area contributed by atoms with Gasteiger partial charge in [-0.2, -0.15) is 0 Å². The number of nitrogens with one attached hydrogen (secondary N) is 1. The second-order valence-electron chi connectivity index (χ2n) is 5.41. The van der Waals surface area contributed by atoms with Crippen molar-refractivity contribution in [1.29, 1.82) is 0 Å². The van der Waals surface area contributed by atoms with Gasteiger partial charge in [-0.15, -0.1) is 0 Å². The summed E-state index contributed by atoms with van der Waals surface area (Å²) in [6.45, 7) is 5.40. The molecule has 0 spiro atoms. The molecule has 3 heteroatoms. The third-order valence-corrected chi connectivity index (χ3v) is 4.23. The fourth-order valence-corrected chi connectivity index (χ4v) is 2.79. The maximum atomic E-state index is 13.5. The number of halogens is 2. The van der Waals surface area contributed by atoms with E-state index >= 15 is 0 Å². The lowest BCUT2D eigenvalue weighted by atomic mass is 9.75. The number of rotatable bonds is 8. The van der Waals surface area contributed by atoms with Gasteiger partial charge in [0.05, 0.1) is 5.02 Å². The van der Waals surface area contributed by atoms with Gasteiger partial charge in [0.15, 0.2) is 0 Å². The van der Waals surface area contributed by atoms with Crippen molar-refractivity contribution in [2.24, 2.45) is 5.41 Å². The Kier molecular flexibility index (Phi) is 6.81. The third kappa shape index (κ3) is 4.77. The Morgan fingerprint density at radius 1 is 1.32 bits per heavy atom. The summed E-state index contributed by atoms with van der Waals surface area (Å²) in [5, 5.41) is 3.50. The number of unbranched alkanes of at least 4 members (excludes halogenated alkanes) is 1. The zero-order valence-electron chi connectivity index (χ0n) is 12.2. The normalized spacial score (nSPS) is 14.4. The van der Waals surface area contributed by atoms with Crippen LogP contribution in [-0.2, 0) is 6.42 Å². The fraction of sp³-hybridized carbons (Fsp3) is 0.625. The minimum absolute atomic E-state index is 0.202. The molecule has 0 aliphatic carbocycles. The van der Waals surface area contributed by atoms with Crippen LogP contribution in [0.15, 0.2) is 18.2 Å². The standard InChI is InChI=1S/C16H25ClFN/c1-4-6-9-16(5-2,12-19-3)11-13-7-8-14(17)15(18)10-13/h7-8,10,19H,4-6,9,11-12H2,1-3H3. The Bertz CT molecular complexity index is 394. The maximum Gasteiger partial charge on any atom is 0.142 e. The fourth-order valence-electron chi connectivity index (χ4n) is 2.68. The van der Waals surface area contributed by atoms with Gasteiger partial charge in [0.1, 0.15) is 5.82 Å². The van der Waals surface area contributed by atoms with Crippen LogP contribution in [0.25, 0.3) is 0 Å². The van der Waals surface area contributed by atoms with Crippen LogP contribution in [0, 0.1) is 11.2 Å². The molecule has 0 saturated carbocycles. The van der Waals surface area contributed by atoms with Crippen LogP contribution in [0.2, 0.25) is 5.02 Å². The molecule has 0 radical (unpaired) electrons. The molecule has 0 aliphatic rings. The van der Waals surface area contributed by atoms with Gasteiger partial charge < -0.3 is 5.32 Å². The molecule has 0 saturated heterocycles. The molecule has 1 rings (SSSR count). The molecule has 1 nitrogen and oxygen atoms in total. The first-order chi connectivity index (χ1) is 9.06. The first-order valence-corrected chi connectivity index (χ1v) is 7.53. The van der Waals surface area contributed by atoms with Crippen LogP contribution in [0.3, 0.4) is 0 Å². The first kappa shape index (κ1) is 16.5. The summed E-state index contributed by atoms with van der Waals surface area (Å²) >= 11 is 5.74. The predicted molar refractivity (Wildman–Crippen MR) is 81.3 cm³/mol. The van der Waals surface area contributed by atoms with Gasteiger partial charge >= 0.3 is 0 Å². The SMILES string of the molecule is CCCCC(CC)(CNC)Cc1ccc(Cl)c(F)c1. The average Bonchev–Trinajstić information content (AvgIpc) is 2.40. The van der Waals surface area contributed by atoms with Gasteiger partial charge in [-0.05, 0) is 49.4 Å². The zero-order valence-corrected chi connectivity index (χ0v) is 13.0. The number of hydrogen-bond donors (Lipinski definition) is 1. The van der Waals surface area contributed by atoms with Crippen molar-refractivity contribution in [3.63, 3.8) is 0 Å². The van der Waals surface area contributed by atoms with Crippen molar-refractivity contribution in [3.05, 3.63) is 34.6 Å².